The van der Waals surface area contributed by atoms with Gasteiger partial charge in [-0.1, -0.05) is 11.6 Å². The molecule has 66 valence electrons. The summed E-state index contributed by atoms with van der Waals surface area (Å²) in [5.74, 6) is 0. The van der Waals surface area contributed by atoms with E-state index in [0.717, 1.165) is 5.56 Å². The molecule has 0 saturated heterocycles. The highest BCUT2D eigenvalue weighted by atomic mass is 35.5. The normalized spacial score (nSPS) is 11.2. The third-order valence-corrected chi connectivity index (χ3v) is 2.58. The minimum atomic E-state index is 0.703. The van der Waals surface area contributed by atoms with Crippen molar-refractivity contribution in [1.29, 1.82) is 0 Å². The number of hydrogen-bond donors (Lipinski definition) is 0. The zero-order valence-corrected chi connectivity index (χ0v) is 8.03. The van der Waals surface area contributed by atoms with Crippen LogP contribution in [-0.2, 0) is 0 Å². The highest BCUT2D eigenvalue weighted by molar-refractivity contribution is 7.08. The first kappa shape index (κ1) is 8.40. The van der Waals surface area contributed by atoms with Crippen molar-refractivity contribution in [3.05, 3.63) is 34.0 Å². The highest BCUT2D eigenvalue weighted by Crippen LogP contribution is 2.18. The largest absolute Gasteiger partial charge is 0.221 e. The second-order valence-corrected chi connectivity index (χ2v) is 3.39. The summed E-state index contributed by atoms with van der Waals surface area (Å²) in [7, 11) is 0. The standard InChI is InChI=1S/C7H5ClN4S/c8-7-3-13-2-6(7)1-10-12-5-9-4-11-12/h1-5H/b10-1+. The molecule has 4 nitrogen and oxygen atoms in total. The second-order valence-electron chi connectivity index (χ2n) is 2.24. The van der Waals surface area contributed by atoms with E-state index in [2.05, 4.69) is 15.2 Å². The van der Waals surface area contributed by atoms with Gasteiger partial charge in [0.15, 0.2) is 0 Å². The van der Waals surface area contributed by atoms with Crippen molar-refractivity contribution in [1.82, 2.24) is 14.9 Å². The van der Waals surface area contributed by atoms with Crippen LogP contribution in [-0.4, -0.2) is 21.1 Å². The lowest BCUT2D eigenvalue weighted by Gasteiger charge is -1.87. The molecule has 0 aliphatic carbocycles. The van der Waals surface area contributed by atoms with Gasteiger partial charge in [0.25, 0.3) is 0 Å². The molecule has 0 N–H and O–H groups in total. The number of hydrogen-bond acceptors (Lipinski definition) is 4. The molecule has 6 heteroatoms. The van der Waals surface area contributed by atoms with Gasteiger partial charge in [0, 0.05) is 16.3 Å². The average Bonchev–Trinajstić information content (AvgIpc) is 2.72. The maximum Gasteiger partial charge on any atom is 0.139 e. The number of rotatable bonds is 2. The van der Waals surface area contributed by atoms with Crippen LogP contribution in [0.1, 0.15) is 5.56 Å². The van der Waals surface area contributed by atoms with Gasteiger partial charge in [-0.05, 0) is 0 Å². The number of nitrogens with zero attached hydrogens (tertiary/aromatic N) is 4. The molecule has 13 heavy (non-hydrogen) atoms. The summed E-state index contributed by atoms with van der Waals surface area (Å²) in [6.07, 6.45) is 4.58. The molecule has 2 rings (SSSR count). The first-order valence-electron chi connectivity index (χ1n) is 3.47. The van der Waals surface area contributed by atoms with Crippen molar-refractivity contribution in [2.24, 2.45) is 5.10 Å². The molecular weight excluding hydrogens is 208 g/mol. The summed E-state index contributed by atoms with van der Waals surface area (Å²) < 4.78 is 0. The Morgan fingerprint density at radius 3 is 3.08 bits per heavy atom. The van der Waals surface area contributed by atoms with E-state index < -0.39 is 0 Å². The van der Waals surface area contributed by atoms with Crippen molar-refractivity contribution in [2.45, 2.75) is 0 Å². The van der Waals surface area contributed by atoms with Crippen molar-refractivity contribution >= 4 is 29.2 Å². The Bertz CT molecular complexity index is 406. The van der Waals surface area contributed by atoms with Gasteiger partial charge >= 0.3 is 0 Å². The molecule has 0 bridgehead atoms. The number of thiophene rings is 1. The summed E-state index contributed by atoms with van der Waals surface area (Å²) >= 11 is 7.39. The van der Waals surface area contributed by atoms with Crippen molar-refractivity contribution in [3.63, 3.8) is 0 Å². The summed E-state index contributed by atoms with van der Waals surface area (Å²) in [4.78, 5) is 5.12. The lowest BCUT2D eigenvalue weighted by Crippen LogP contribution is -1.89. The number of halogens is 1. The molecule has 0 atom stereocenters. The first-order chi connectivity index (χ1) is 6.36. The fourth-order valence-electron chi connectivity index (χ4n) is 0.766. The maximum absolute atomic E-state index is 5.85. The van der Waals surface area contributed by atoms with Gasteiger partial charge < -0.3 is 0 Å². The van der Waals surface area contributed by atoms with Gasteiger partial charge in [-0.2, -0.15) is 16.4 Å². The molecule has 2 aromatic rings. The molecule has 0 unspecified atom stereocenters. The van der Waals surface area contributed by atoms with Crippen LogP contribution in [0, 0.1) is 0 Å². The van der Waals surface area contributed by atoms with Gasteiger partial charge in [-0.25, -0.2) is 4.98 Å². The molecule has 0 aliphatic heterocycles. The van der Waals surface area contributed by atoms with E-state index in [1.165, 1.54) is 28.8 Å². The molecule has 0 radical (unpaired) electrons. The fraction of sp³-hybridized carbons (Fsp3) is 0. The van der Waals surface area contributed by atoms with Crippen LogP contribution in [0.25, 0.3) is 0 Å². The Morgan fingerprint density at radius 2 is 2.46 bits per heavy atom. The van der Waals surface area contributed by atoms with E-state index >= 15 is 0 Å². The van der Waals surface area contributed by atoms with Gasteiger partial charge in [0.1, 0.15) is 12.7 Å². The Labute approximate surface area is 83.5 Å². The van der Waals surface area contributed by atoms with Crippen molar-refractivity contribution < 1.29 is 0 Å². The molecule has 0 aliphatic rings. The van der Waals surface area contributed by atoms with E-state index in [9.17, 15) is 0 Å². The molecule has 0 amide bonds. The summed E-state index contributed by atoms with van der Waals surface area (Å²) in [6, 6.07) is 0. The van der Waals surface area contributed by atoms with Crippen LogP contribution in [0.4, 0.5) is 0 Å². The zero-order valence-electron chi connectivity index (χ0n) is 6.46. The third kappa shape index (κ3) is 1.93. The SMILES string of the molecule is Clc1cscc1/C=N/n1cncn1. The van der Waals surface area contributed by atoms with Crippen LogP contribution in [0.15, 0.2) is 28.5 Å². The van der Waals surface area contributed by atoms with Gasteiger partial charge in [0.2, 0.25) is 0 Å². The minimum absolute atomic E-state index is 0.703. The molecule has 2 aromatic heterocycles. The Morgan fingerprint density at radius 1 is 1.54 bits per heavy atom. The third-order valence-electron chi connectivity index (χ3n) is 1.36. The lowest BCUT2D eigenvalue weighted by atomic mass is 10.4. The second kappa shape index (κ2) is 3.68. The molecule has 0 saturated carbocycles. The van der Waals surface area contributed by atoms with Gasteiger partial charge in [0.05, 0.1) is 11.2 Å². The molecule has 0 fully saturated rings. The van der Waals surface area contributed by atoms with E-state index in [1.54, 1.807) is 6.21 Å². The van der Waals surface area contributed by atoms with E-state index in [1.807, 2.05) is 10.8 Å². The molecule has 0 aromatic carbocycles. The van der Waals surface area contributed by atoms with Crippen LogP contribution in [0.3, 0.4) is 0 Å². The minimum Gasteiger partial charge on any atom is -0.221 e. The Kier molecular flexibility index (Phi) is 2.37. The van der Waals surface area contributed by atoms with E-state index in [0.29, 0.717) is 5.02 Å². The molecular formula is C7H5ClN4S. The molecule has 0 spiro atoms. The van der Waals surface area contributed by atoms with Crippen molar-refractivity contribution in [2.75, 3.05) is 0 Å². The van der Waals surface area contributed by atoms with Crippen LogP contribution in [0.2, 0.25) is 5.02 Å². The summed E-state index contributed by atoms with van der Waals surface area (Å²) in [6.45, 7) is 0. The van der Waals surface area contributed by atoms with E-state index in [-0.39, 0.29) is 0 Å². The first-order valence-corrected chi connectivity index (χ1v) is 4.79. The zero-order chi connectivity index (χ0) is 9.10. The van der Waals surface area contributed by atoms with E-state index in [4.69, 9.17) is 11.6 Å². The molecule has 2 heterocycles. The smallest absolute Gasteiger partial charge is 0.139 e. The Balaban J connectivity index is 2.19. The average molecular weight is 213 g/mol. The maximum atomic E-state index is 5.85. The summed E-state index contributed by atoms with van der Waals surface area (Å²) in [5, 5.41) is 12.3. The van der Waals surface area contributed by atoms with Gasteiger partial charge in [-0.15, -0.1) is 9.89 Å². The predicted octanol–water partition coefficient (Wildman–Crippen LogP) is 1.88. The highest BCUT2D eigenvalue weighted by Gasteiger charge is 1.96. The summed E-state index contributed by atoms with van der Waals surface area (Å²) in [5.41, 5.74) is 0.891. The van der Waals surface area contributed by atoms with Crippen LogP contribution >= 0.6 is 22.9 Å². The predicted molar refractivity (Wildman–Crippen MR) is 52.3 cm³/mol. The van der Waals surface area contributed by atoms with Crippen LogP contribution < -0.4 is 0 Å². The van der Waals surface area contributed by atoms with Crippen LogP contribution in [0.5, 0.6) is 0 Å². The van der Waals surface area contributed by atoms with Gasteiger partial charge in [-0.3, -0.25) is 0 Å². The van der Waals surface area contributed by atoms with Crippen molar-refractivity contribution in [3.8, 4) is 0 Å². The number of aromatic nitrogens is 3. The Hall–Kier alpha value is -1.20. The monoisotopic (exact) mass is 212 g/mol. The quantitative estimate of drug-likeness (QED) is 0.714. The lowest BCUT2D eigenvalue weighted by molar-refractivity contribution is 0.743. The fourth-order valence-corrected chi connectivity index (χ4v) is 1.75. The topological polar surface area (TPSA) is 43.1 Å².